The number of oxime groups is 1. The van der Waals surface area contributed by atoms with E-state index >= 15 is 0 Å². The number of hydrogen-bond donors (Lipinski definition) is 3. The lowest BCUT2D eigenvalue weighted by Crippen LogP contribution is -2.41. The first-order chi connectivity index (χ1) is 9.69. The standard InChI is InChI=1S/C15H23N3O2/c1-11-9-13(7-8-20-11)17-14(10-15(16)18-19)12-5-3-2-4-6-12/h2-6,11,13-14,17,19H,7-10H2,1H3,(H2,16,18). The molecular weight excluding hydrogens is 254 g/mol. The van der Waals surface area contributed by atoms with Crippen molar-refractivity contribution >= 4 is 5.84 Å². The van der Waals surface area contributed by atoms with E-state index in [0.29, 0.717) is 12.5 Å². The zero-order valence-electron chi connectivity index (χ0n) is 11.8. The van der Waals surface area contributed by atoms with Gasteiger partial charge in [-0.15, -0.1) is 0 Å². The van der Waals surface area contributed by atoms with E-state index in [1.165, 1.54) is 0 Å². The Labute approximate surface area is 119 Å². The molecule has 0 radical (unpaired) electrons. The highest BCUT2D eigenvalue weighted by Gasteiger charge is 2.23. The Hall–Kier alpha value is -1.59. The van der Waals surface area contributed by atoms with Gasteiger partial charge in [-0.1, -0.05) is 35.5 Å². The summed E-state index contributed by atoms with van der Waals surface area (Å²) in [6, 6.07) is 10.6. The van der Waals surface area contributed by atoms with E-state index in [1.54, 1.807) is 0 Å². The summed E-state index contributed by atoms with van der Waals surface area (Å²) in [4.78, 5) is 0. The normalized spacial score (nSPS) is 25.4. The predicted octanol–water partition coefficient (Wildman–Crippen LogP) is 2.02. The molecule has 5 nitrogen and oxygen atoms in total. The van der Waals surface area contributed by atoms with Gasteiger partial charge in [-0.3, -0.25) is 0 Å². The van der Waals surface area contributed by atoms with Gasteiger partial charge in [-0.2, -0.15) is 0 Å². The Morgan fingerprint density at radius 3 is 2.90 bits per heavy atom. The lowest BCUT2D eigenvalue weighted by atomic mass is 9.98. The van der Waals surface area contributed by atoms with Gasteiger partial charge in [0.1, 0.15) is 5.84 Å². The molecule has 0 bridgehead atoms. The van der Waals surface area contributed by atoms with Gasteiger partial charge in [0.25, 0.3) is 0 Å². The van der Waals surface area contributed by atoms with Crippen molar-refractivity contribution in [1.82, 2.24) is 5.32 Å². The number of amidine groups is 1. The van der Waals surface area contributed by atoms with Gasteiger partial charge in [0.15, 0.2) is 0 Å². The first kappa shape index (κ1) is 14.8. The molecule has 1 heterocycles. The van der Waals surface area contributed by atoms with Gasteiger partial charge in [0, 0.05) is 25.1 Å². The highest BCUT2D eigenvalue weighted by Crippen LogP contribution is 2.21. The topological polar surface area (TPSA) is 79.9 Å². The molecule has 1 saturated heterocycles. The van der Waals surface area contributed by atoms with E-state index in [2.05, 4.69) is 29.5 Å². The van der Waals surface area contributed by atoms with Crippen molar-refractivity contribution < 1.29 is 9.94 Å². The zero-order chi connectivity index (χ0) is 14.4. The van der Waals surface area contributed by atoms with Crippen molar-refractivity contribution in [3.8, 4) is 0 Å². The molecule has 110 valence electrons. The van der Waals surface area contributed by atoms with Gasteiger partial charge in [0.2, 0.25) is 0 Å². The second-order valence-corrected chi connectivity index (χ2v) is 5.33. The van der Waals surface area contributed by atoms with E-state index < -0.39 is 0 Å². The zero-order valence-corrected chi connectivity index (χ0v) is 11.8. The van der Waals surface area contributed by atoms with Crippen molar-refractivity contribution in [2.24, 2.45) is 10.9 Å². The van der Waals surface area contributed by atoms with Crippen LogP contribution in [0.15, 0.2) is 35.5 Å². The SMILES string of the molecule is CC1CC(NC(C/C(N)=N/O)c2ccccc2)CCO1. The molecule has 0 spiro atoms. The third-order valence-corrected chi connectivity index (χ3v) is 3.67. The molecule has 1 aliphatic rings. The minimum Gasteiger partial charge on any atom is -0.409 e. The molecule has 20 heavy (non-hydrogen) atoms. The molecule has 1 aromatic rings. The van der Waals surface area contributed by atoms with E-state index in [0.717, 1.165) is 25.0 Å². The highest BCUT2D eigenvalue weighted by atomic mass is 16.5. The fourth-order valence-electron chi connectivity index (χ4n) is 2.64. The number of nitrogens with zero attached hydrogens (tertiary/aromatic N) is 1. The van der Waals surface area contributed by atoms with E-state index in [9.17, 15) is 0 Å². The van der Waals surface area contributed by atoms with Crippen LogP contribution >= 0.6 is 0 Å². The van der Waals surface area contributed by atoms with Gasteiger partial charge >= 0.3 is 0 Å². The van der Waals surface area contributed by atoms with Crippen molar-refractivity contribution in [1.29, 1.82) is 0 Å². The number of rotatable bonds is 5. The molecule has 3 atom stereocenters. The fraction of sp³-hybridized carbons (Fsp3) is 0.533. The third kappa shape index (κ3) is 4.21. The molecule has 0 saturated carbocycles. The van der Waals surface area contributed by atoms with Crippen LogP contribution in [0.5, 0.6) is 0 Å². The second kappa shape index (κ2) is 7.26. The van der Waals surface area contributed by atoms with Crippen LogP contribution in [0.4, 0.5) is 0 Å². The summed E-state index contributed by atoms with van der Waals surface area (Å²) in [5.74, 6) is 0.242. The van der Waals surface area contributed by atoms with Crippen molar-refractivity contribution in [3.05, 3.63) is 35.9 Å². The maximum Gasteiger partial charge on any atom is 0.141 e. The minimum absolute atomic E-state index is 0.0578. The van der Waals surface area contributed by atoms with Crippen LogP contribution in [0.2, 0.25) is 0 Å². The Kier molecular flexibility index (Phi) is 5.38. The number of nitrogens with one attached hydrogen (secondary N) is 1. The van der Waals surface area contributed by atoms with Gasteiger partial charge < -0.3 is 21.0 Å². The quantitative estimate of drug-likeness (QED) is 0.333. The number of hydrogen-bond acceptors (Lipinski definition) is 4. The molecule has 1 aromatic carbocycles. The largest absolute Gasteiger partial charge is 0.409 e. The minimum atomic E-state index is 0.0578. The summed E-state index contributed by atoms with van der Waals surface area (Å²) >= 11 is 0. The smallest absolute Gasteiger partial charge is 0.141 e. The summed E-state index contributed by atoms with van der Waals surface area (Å²) in [5, 5.41) is 15.5. The van der Waals surface area contributed by atoms with Gasteiger partial charge in [0.05, 0.1) is 6.10 Å². The molecule has 0 aromatic heterocycles. The van der Waals surface area contributed by atoms with Crippen LogP contribution in [-0.4, -0.2) is 29.8 Å². The molecule has 0 aliphatic carbocycles. The molecule has 0 amide bonds. The summed E-state index contributed by atoms with van der Waals surface area (Å²) in [5.41, 5.74) is 6.83. The van der Waals surface area contributed by atoms with Crippen LogP contribution in [0.25, 0.3) is 0 Å². The average Bonchev–Trinajstić information content (AvgIpc) is 2.47. The van der Waals surface area contributed by atoms with Crippen LogP contribution in [0, 0.1) is 0 Å². The summed E-state index contributed by atoms with van der Waals surface area (Å²) < 4.78 is 5.57. The van der Waals surface area contributed by atoms with E-state index in [1.807, 2.05) is 18.2 Å². The first-order valence-corrected chi connectivity index (χ1v) is 7.08. The Bertz CT molecular complexity index is 436. The fourth-order valence-corrected chi connectivity index (χ4v) is 2.64. The summed E-state index contributed by atoms with van der Waals surface area (Å²) in [6.07, 6.45) is 2.75. The van der Waals surface area contributed by atoms with Crippen LogP contribution in [-0.2, 0) is 4.74 Å². The van der Waals surface area contributed by atoms with E-state index in [4.69, 9.17) is 15.7 Å². The Balaban J connectivity index is 2.06. The molecule has 2 rings (SSSR count). The van der Waals surface area contributed by atoms with Crippen molar-refractivity contribution in [2.75, 3.05) is 6.61 Å². The maximum absolute atomic E-state index is 8.79. The Morgan fingerprint density at radius 2 is 2.25 bits per heavy atom. The predicted molar refractivity (Wildman–Crippen MR) is 78.8 cm³/mol. The summed E-state index contributed by atoms with van der Waals surface area (Å²) in [7, 11) is 0. The molecule has 4 N–H and O–H groups in total. The summed E-state index contributed by atoms with van der Waals surface area (Å²) in [6.45, 7) is 2.87. The molecule has 3 unspecified atom stereocenters. The molecule has 1 aliphatic heterocycles. The van der Waals surface area contributed by atoms with Crippen molar-refractivity contribution in [3.63, 3.8) is 0 Å². The van der Waals surface area contributed by atoms with E-state index in [-0.39, 0.29) is 18.0 Å². The monoisotopic (exact) mass is 277 g/mol. The maximum atomic E-state index is 8.79. The van der Waals surface area contributed by atoms with Crippen molar-refractivity contribution in [2.45, 2.75) is 44.4 Å². The third-order valence-electron chi connectivity index (χ3n) is 3.67. The van der Waals surface area contributed by atoms with Crippen LogP contribution in [0.1, 0.15) is 37.8 Å². The number of ether oxygens (including phenoxy) is 1. The van der Waals surface area contributed by atoms with Crippen LogP contribution < -0.4 is 11.1 Å². The lowest BCUT2D eigenvalue weighted by molar-refractivity contribution is 0.0113. The Morgan fingerprint density at radius 1 is 1.50 bits per heavy atom. The van der Waals surface area contributed by atoms with Gasteiger partial charge in [-0.05, 0) is 25.3 Å². The highest BCUT2D eigenvalue weighted by molar-refractivity contribution is 5.80. The molecule has 1 fully saturated rings. The first-order valence-electron chi connectivity index (χ1n) is 7.08. The number of benzene rings is 1. The lowest BCUT2D eigenvalue weighted by Gasteiger charge is -2.31. The molecule has 5 heteroatoms. The second-order valence-electron chi connectivity index (χ2n) is 5.33. The van der Waals surface area contributed by atoms with Gasteiger partial charge in [-0.25, -0.2) is 0 Å². The average molecular weight is 277 g/mol. The molecular formula is C15H23N3O2. The number of nitrogens with two attached hydrogens (primary N) is 1. The van der Waals surface area contributed by atoms with Crippen LogP contribution in [0.3, 0.4) is 0 Å².